The van der Waals surface area contributed by atoms with Gasteiger partial charge in [0.25, 0.3) is 0 Å². The first kappa shape index (κ1) is 13.7. The number of hydrogen-bond acceptors (Lipinski definition) is 3. The van der Waals surface area contributed by atoms with Crippen LogP contribution in [0.5, 0.6) is 0 Å². The quantitative estimate of drug-likeness (QED) is 0.618. The second-order valence-electron chi connectivity index (χ2n) is 1.60. The SMILES string of the molecule is CC(=O)[Se].N[C@@H](C[Se])C(=O)O. The number of hydrogen-bond donors (Lipinski definition) is 2. The Morgan fingerprint density at radius 3 is 1.91 bits per heavy atom. The van der Waals surface area contributed by atoms with E-state index in [9.17, 15) is 9.59 Å². The first-order valence-corrected chi connectivity index (χ1v) is 4.72. The summed E-state index contributed by atoms with van der Waals surface area (Å²) >= 11 is 4.78. The topological polar surface area (TPSA) is 80.4 Å². The van der Waals surface area contributed by atoms with Gasteiger partial charge in [0.1, 0.15) is 0 Å². The molecule has 11 heavy (non-hydrogen) atoms. The Balaban J connectivity index is 0. The molecule has 0 spiro atoms. The zero-order valence-electron chi connectivity index (χ0n) is 5.94. The molecule has 6 heteroatoms. The molecule has 0 aromatic rings. The Morgan fingerprint density at radius 2 is 1.91 bits per heavy atom. The van der Waals surface area contributed by atoms with Gasteiger partial charge in [0, 0.05) is 0 Å². The van der Waals surface area contributed by atoms with Gasteiger partial charge in [0.2, 0.25) is 0 Å². The first-order valence-electron chi connectivity index (χ1n) is 2.65. The number of rotatable bonds is 2. The van der Waals surface area contributed by atoms with Crippen molar-refractivity contribution < 1.29 is 14.7 Å². The van der Waals surface area contributed by atoms with Crippen molar-refractivity contribution in [1.82, 2.24) is 0 Å². The van der Waals surface area contributed by atoms with E-state index < -0.39 is 12.0 Å². The van der Waals surface area contributed by atoms with Crippen molar-refractivity contribution in [2.45, 2.75) is 18.3 Å². The summed E-state index contributed by atoms with van der Waals surface area (Å²) in [6, 6.07) is -0.736. The molecule has 0 aromatic heterocycles. The van der Waals surface area contributed by atoms with Gasteiger partial charge in [0.15, 0.2) is 0 Å². The van der Waals surface area contributed by atoms with Gasteiger partial charge in [-0.1, -0.05) is 0 Å². The van der Waals surface area contributed by atoms with E-state index in [1.165, 1.54) is 6.92 Å². The number of carbonyl (C=O) groups excluding carboxylic acids is 1. The van der Waals surface area contributed by atoms with Crippen molar-refractivity contribution in [3.63, 3.8) is 0 Å². The van der Waals surface area contributed by atoms with Crippen molar-refractivity contribution in [1.29, 1.82) is 0 Å². The number of carbonyl (C=O) groups is 2. The average molecular weight is 289 g/mol. The van der Waals surface area contributed by atoms with E-state index in [1.807, 2.05) is 0 Å². The molecule has 0 rings (SSSR count). The predicted octanol–water partition coefficient (Wildman–Crippen LogP) is -1.31. The molecule has 0 aliphatic heterocycles. The standard InChI is InChI=1S/C3H6NO2Se.C2H3OSe/c4-2(1-7)3(5)6;1-2(3)4/h2H,1,4H2,(H,5,6);1H3/t2-;/m0./s1. The van der Waals surface area contributed by atoms with Crippen LogP contribution < -0.4 is 5.73 Å². The minimum atomic E-state index is -0.959. The third-order valence-electron chi connectivity index (χ3n) is 0.497. The van der Waals surface area contributed by atoms with Gasteiger partial charge in [-0.15, -0.1) is 0 Å². The molecular formula is C5H9NO3Se2. The normalized spacial score (nSPS) is 10.8. The molecule has 0 unspecified atom stereocenters. The van der Waals surface area contributed by atoms with Crippen molar-refractivity contribution in [3.8, 4) is 0 Å². The number of carboxylic acids is 1. The molecule has 0 aromatic carbocycles. The molecule has 0 aliphatic carbocycles. The Bertz CT molecular complexity index is 136. The second kappa shape index (κ2) is 8.24. The van der Waals surface area contributed by atoms with Gasteiger partial charge in [0.05, 0.1) is 0 Å². The van der Waals surface area contributed by atoms with Gasteiger partial charge in [-0.05, 0) is 0 Å². The van der Waals surface area contributed by atoms with Crippen LogP contribution in [0.15, 0.2) is 0 Å². The summed E-state index contributed by atoms with van der Waals surface area (Å²) in [5.41, 5.74) is 4.98. The van der Waals surface area contributed by atoms with Crippen LogP contribution in [-0.2, 0) is 9.59 Å². The number of aliphatic carboxylic acids is 1. The zero-order valence-corrected chi connectivity index (χ0v) is 9.37. The molecule has 0 aliphatic rings. The van der Waals surface area contributed by atoms with Crippen molar-refractivity contribution >= 4 is 42.7 Å². The van der Waals surface area contributed by atoms with Crippen LogP contribution in [0.4, 0.5) is 0 Å². The fourth-order valence-electron chi connectivity index (χ4n) is 0.0713. The zero-order chi connectivity index (χ0) is 9.44. The van der Waals surface area contributed by atoms with Crippen LogP contribution in [-0.4, -0.2) is 53.8 Å². The Morgan fingerprint density at radius 1 is 1.64 bits per heavy atom. The summed E-state index contributed by atoms with van der Waals surface area (Å²) in [6.45, 7) is 1.47. The van der Waals surface area contributed by atoms with Crippen molar-refractivity contribution in [2.75, 3.05) is 0 Å². The molecule has 1 atom stereocenters. The van der Waals surface area contributed by atoms with Crippen molar-refractivity contribution in [3.05, 3.63) is 0 Å². The maximum atomic E-state index is 9.79. The van der Waals surface area contributed by atoms with Crippen LogP contribution in [0, 0.1) is 0 Å². The Hall–Kier alpha value is 0.139. The van der Waals surface area contributed by atoms with E-state index in [0.29, 0.717) is 5.32 Å². The van der Waals surface area contributed by atoms with E-state index in [-0.39, 0.29) is 4.68 Å². The monoisotopic (exact) mass is 291 g/mol. The van der Waals surface area contributed by atoms with E-state index in [2.05, 4.69) is 32.0 Å². The minimum absolute atomic E-state index is 0.0417. The summed E-state index contributed by atoms with van der Waals surface area (Å²) in [5, 5.41) is 8.41. The van der Waals surface area contributed by atoms with E-state index >= 15 is 0 Å². The first-order chi connectivity index (χ1) is 4.91. The van der Waals surface area contributed by atoms with E-state index in [0.717, 1.165) is 0 Å². The van der Waals surface area contributed by atoms with Gasteiger partial charge >= 0.3 is 81.4 Å². The van der Waals surface area contributed by atoms with Gasteiger partial charge < -0.3 is 0 Å². The molecule has 0 saturated carbocycles. The van der Waals surface area contributed by atoms with Crippen LogP contribution in [0.2, 0.25) is 5.32 Å². The molecule has 2 radical (unpaired) electrons. The number of nitrogens with two attached hydrogens (primary N) is 1. The molecule has 64 valence electrons. The molecule has 3 N–H and O–H groups in total. The summed E-state index contributed by atoms with van der Waals surface area (Å²) in [5.74, 6) is -0.959. The van der Waals surface area contributed by atoms with E-state index in [1.54, 1.807) is 0 Å². The van der Waals surface area contributed by atoms with Crippen molar-refractivity contribution in [2.24, 2.45) is 5.73 Å². The molecule has 4 nitrogen and oxygen atoms in total. The van der Waals surface area contributed by atoms with Crippen LogP contribution in [0.3, 0.4) is 0 Å². The molecule has 0 fully saturated rings. The van der Waals surface area contributed by atoms with Gasteiger partial charge in [-0.3, -0.25) is 0 Å². The fraction of sp³-hybridized carbons (Fsp3) is 0.600. The Kier molecular flexibility index (Phi) is 10.3. The second-order valence-corrected chi connectivity index (χ2v) is 3.51. The van der Waals surface area contributed by atoms with E-state index in [4.69, 9.17) is 10.8 Å². The summed E-state index contributed by atoms with van der Waals surface area (Å²) in [4.78, 5) is 19.2. The molecule has 0 bridgehead atoms. The van der Waals surface area contributed by atoms with Gasteiger partial charge in [-0.2, -0.15) is 0 Å². The summed E-state index contributed by atoms with van der Waals surface area (Å²) in [7, 11) is 0. The third-order valence-corrected chi connectivity index (χ3v) is 1.25. The molecule has 0 saturated heterocycles. The summed E-state index contributed by atoms with van der Waals surface area (Å²) < 4.78 is 0.0417. The molecule has 0 amide bonds. The fourth-order valence-corrected chi connectivity index (χ4v) is 0.370. The van der Waals surface area contributed by atoms with Crippen LogP contribution >= 0.6 is 0 Å². The average Bonchev–Trinajstić information content (AvgIpc) is 1.85. The molecule has 0 heterocycles. The predicted molar refractivity (Wildman–Crippen MR) is 42.6 cm³/mol. The van der Waals surface area contributed by atoms with Gasteiger partial charge in [-0.25, -0.2) is 0 Å². The van der Waals surface area contributed by atoms with Crippen LogP contribution in [0.1, 0.15) is 6.92 Å². The Labute approximate surface area is 81.5 Å². The molecular weight excluding hydrogens is 280 g/mol. The third kappa shape index (κ3) is 17.8. The van der Waals surface area contributed by atoms with Crippen LogP contribution in [0.25, 0.3) is 0 Å². The number of carboxylic acid groups (broad SMARTS) is 1. The summed E-state index contributed by atoms with van der Waals surface area (Å²) in [6.07, 6.45) is 0. The maximum absolute atomic E-state index is 9.79.